The number of aromatic nitrogens is 1. The number of hydrogen-bond acceptors (Lipinski definition) is 2. The smallest absolute Gasteiger partial charge is 0.0705 e. The number of halogens is 1. The number of rotatable bonds is 5. The number of nitrogens with one attached hydrogen (secondary N) is 2. The first-order valence-corrected chi connectivity index (χ1v) is 7.97. The van der Waals surface area contributed by atoms with Gasteiger partial charge in [-0.05, 0) is 13.0 Å². The minimum atomic E-state index is -0.779. The van der Waals surface area contributed by atoms with Crippen LogP contribution in [0.15, 0.2) is 24.3 Å². The molecular weight excluding hydrogens is 268 g/mol. The molecule has 0 saturated carbocycles. The third kappa shape index (κ3) is 3.13. The van der Waals surface area contributed by atoms with E-state index in [1.165, 1.54) is 0 Å². The highest BCUT2D eigenvalue weighted by Gasteiger charge is 2.10. The van der Waals surface area contributed by atoms with Crippen molar-refractivity contribution in [1.82, 2.24) is 10.3 Å². The first-order chi connectivity index (χ1) is 8.58. The maximum atomic E-state index is 11.1. The lowest BCUT2D eigenvalue weighted by Crippen LogP contribution is -2.30. The van der Waals surface area contributed by atoms with Gasteiger partial charge in [0.1, 0.15) is 0 Å². The third-order valence-corrected chi connectivity index (χ3v) is 4.23. The highest BCUT2D eigenvalue weighted by molar-refractivity contribution is 7.84. The summed E-state index contributed by atoms with van der Waals surface area (Å²) in [5.74, 6) is 0.651. The molecular formula is C13H17ClN2OS. The summed E-state index contributed by atoms with van der Waals surface area (Å²) in [4.78, 5) is 3.30. The topological polar surface area (TPSA) is 44.9 Å². The van der Waals surface area contributed by atoms with E-state index in [-0.39, 0.29) is 6.04 Å². The normalized spacial score (nSPS) is 14.8. The molecule has 0 fully saturated rings. The first-order valence-electron chi connectivity index (χ1n) is 5.86. The summed E-state index contributed by atoms with van der Waals surface area (Å²) in [5, 5.41) is 5.13. The third-order valence-electron chi connectivity index (χ3n) is 2.83. The van der Waals surface area contributed by atoms with Crippen LogP contribution in [0.5, 0.6) is 0 Å². The van der Waals surface area contributed by atoms with Crippen molar-refractivity contribution in [2.24, 2.45) is 0 Å². The Morgan fingerprint density at radius 2 is 2.17 bits per heavy atom. The lowest BCUT2D eigenvalue weighted by atomic mass is 10.2. The molecule has 0 amide bonds. The average molecular weight is 285 g/mol. The van der Waals surface area contributed by atoms with Gasteiger partial charge in [-0.2, -0.15) is 0 Å². The molecule has 18 heavy (non-hydrogen) atoms. The summed E-state index contributed by atoms with van der Waals surface area (Å²) in [7, 11) is -0.779. The summed E-state index contributed by atoms with van der Waals surface area (Å²) >= 11 is 6.32. The molecule has 0 radical (unpaired) electrons. The van der Waals surface area contributed by atoms with Crippen LogP contribution < -0.4 is 5.32 Å². The van der Waals surface area contributed by atoms with E-state index in [9.17, 15) is 4.21 Å². The highest BCUT2D eigenvalue weighted by atomic mass is 35.5. The van der Waals surface area contributed by atoms with E-state index in [4.69, 9.17) is 11.6 Å². The molecule has 2 N–H and O–H groups in total. The SMILES string of the molecule is CC(CS(C)=O)NCc1[nH]c2ccccc2c1Cl. The molecule has 2 aromatic rings. The minimum absolute atomic E-state index is 0.207. The van der Waals surface area contributed by atoms with E-state index < -0.39 is 10.8 Å². The number of aromatic amines is 1. The van der Waals surface area contributed by atoms with Crippen molar-refractivity contribution in [3.8, 4) is 0 Å². The van der Waals surface area contributed by atoms with Crippen LogP contribution in [0.2, 0.25) is 5.02 Å². The molecule has 1 aromatic carbocycles. The summed E-state index contributed by atoms with van der Waals surface area (Å²) in [6.07, 6.45) is 1.72. The van der Waals surface area contributed by atoms with Crippen molar-refractivity contribution in [2.45, 2.75) is 19.5 Å². The van der Waals surface area contributed by atoms with Crippen LogP contribution in [0, 0.1) is 0 Å². The fourth-order valence-electron chi connectivity index (χ4n) is 1.97. The molecule has 0 spiro atoms. The van der Waals surface area contributed by atoms with Gasteiger partial charge >= 0.3 is 0 Å². The standard InChI is InChI=1S/C13H17ClN2OS/c1-9(8-18(2)17)15-7-12-13(14)10-5-3-4-6-11(10)16-12/h3-6,9,15-16H,7-8H2,1-2H3. The van der Waals surface area contributed by atoms with Crippen LogP contribution in [0.3, 0.4) is 0 Å². The van der Waals surface area contributed by atoms with Gasteiger partial charge in [-0.1, -0.05) is 29.8 Å². The Morgan fingerprint density at radius 3 is 2.83 bits per heavy atom. The molecule has 0 aliphatic rings. The van der Waals surface area contributed by atoms with Crippen LogP contribution in [-0.2, 0) is 17.3 Å². The zero-order valence-electron chi connectivity index (χ0n) is 10.5. The van der Waals surface area contributed by atoms with E-state index >= 15 is 0 Å². The molecule has 0 aliphatic carbocycles. The Labute approximate surface area is 114 Å². The van der Waals surface area contributed by atoms with Crippen molar-refractivity contribution in [1.29, 1.82) is 0 Å². The largest absolute Gasteiger partial charge is 0.356 e. The Hall–Kier alpha value is -0.840. The Kier molecular flexibility index (Phi) is 4.43. The van der Waals surface area contributed by atoms with E-state index in [0.29, 0.717) is 12.3 Å². The van der Waals surface area contributed by atoms with Gasteiger partial charge < -0.3 is 10.3 Å². The van der Waals surface area contributed by atoms with Crippen LogP contribution in [0.1, 0.15) is 12.6 Å². The Morgan fingerprint density at radius 1 is 1.44 bits per heavy atom. The van der Waals surface area contributed by atoms with Crippen LogP contribution in [-0.4, -0.2) is 27.2 Å². The molecule has 2 unspecified atom stereocenters. The van der Waals surface area contributed by atoms with Crippen molar-refractivity contribution in [3.05, 3.63) is 35.0 Å². The summed E-state index contributed by atoms with van der Waals surface area (Å²) < 4.78 is 11.1. The molecule has 1 aromatic heterocycles. The van der Waals surface area contributed by atoms with E-state index in [0.717, 1.165) is 21.6 Å². The lowest BCUT2D eigenvalue weighted by Gasteiger charge is -2.11. The summed E-state index contributed by atoms with van der Waals surface area (Å²) in [6, 6.07) is 8.17. The highest BCUT2D eigenvalue weighted by Crippen LogP contribution is 2.26. The van der Waals surface area contributed by atoms with Gasteiger partial charge in [-0.3, -0.25) is 4.21 Å². The predicted octanol–water partition coefficient (Wildman–Crippen LogP) is 2.68. The molecule has 0 saturated heterocycles. The van der Waals surface area contributed by atoms with Gasteiger partial charge in [0.05, 0.1) is 5.02 Å². The molecule has 5 heteroatoms. The maximum absolute atomic E-state index is 11.1. The minimum Gasteiger partial charge on any atom is -0.356 e. The van der Waals surface area contributed by atoms with Gasteiger partial charge in [0, 0.05) is 52.0 Å². The van der Waals surface area contributed by atoms with E-state index in [1.54, 1.807) is 6.26 Å². The molecule has 1 heterocycles. The zero-order valence-corrected chi connectivity index (χ0v) is 12.1. The maximum Gasteiger partial charge on any atom is 0.0705 e. The summed E-state index contributed by atoms with van der Waals surface area (Å²) in [6.45, 7) is 2.68. The summed E-state index contributed by atoms with van der Waals surface area (Å²) in [5.41, 5.74) is 2.03. The van der Waals surface area contributed by atoms with E-state index in [2.05, 4.69) is 10.3 Å². The van der Waals surface area contributed by atoms with Crippen molar-refractivity contribution in [2.75, 3.05) is 12.0 Å². The average Bonchev–Trinajstić information content (AvgIpc) is 2.64. The van der Waals surface area contributed by atoms with Gasteiger partial charge in [0.2, 0.25) is 0 Å². The molecule has 0 bridgehead atoms. The fourth-order valence-corrected chi connectivity index (χ4v) is 3.07. The molecule has 0 aliphatic heterocycles. The monoisotopic (exact) mass is 284 g/mol. The van der Waals surface area contributed by atoms with Gasteiger partial charge in [-0.25, -0.2) is 0 Å². The Bertz CT molecular complexity index is 567. The quantitative estimate of drug-likeness (QED) is 0.887. The second-order valence-corrected chi connectivity index (χ2v) is 6.34. The predicted molar refractivity (Wildman–Crippen MR) is 78.5 cm³/mol. The first kappa shape index (κ1) is 13.6. The molecule has 98 valence electrons. The van der Waals surface area contributed by atoms with Gasteiger partial charge in [-0.15, -0.1) is 0 Å². The second kappa shape index (κ2) is 5.87. The molecule has 3 nitrogen and oxygen atoms in total. The fraction of sp³-hybridized carbons (Fsp3) is 0.385. The Balaban J connectivity index is 2.08. The number of H-pyrrole nitrogens is 1. The van der Waals surface area contributed by atoms with Crippen molar-refractivity contribution >= 4 is 33.3 Å². The van der Waals surface area contributed by atoms with Crippen molar-refractivity contribution < 1.29 is 4.21 Å². The number of para-hydroxylation sites is 1. The zero-order chi connectivity index (χ0) is 13.1. The van der Waals surface area contributed by atoms with E-state index in [1.807, 2.05) is 31.2 Å². The molecule has 2 atom stereocenters. The van der Waals surface area contributed by atoms with Gasteiger partial charge in [0.25, 0.3) is 0 Å². The number of benzene rings is 1. The van der Waals surface area contributed by atoms with Crippen LogP contribution in [0.4, 0.5) is 0 Å². The van der Waals surface area contributed by atoms with Crippen LogP contribution in [0.25, 0.3) is 10.9 Å². The lowest BCUT2D eigenvalue weighted by molar-refractivity contribution is 0.582. The van der Waals surface area contributed by atoms with Crippen molar-refractivity contribution in [3.63, 3.8) is 0 Å². The molecule has 2 rings (SSSR count). The second-order valence-electron chi connectivity index (χ2n) is 4.48. The number of hydrogen-bond donors (Lipinski definition) is 2. The van der Waals surface area contributed by atoms with Gasteiger partial charge in [0.15, 0.2) is 0 Å². The van der Waals surface area contributed by atoms with Crippen LogP contribution >= 0.6 is 11.6 Å². The number of fused-ring (bicyclic) bond motifs is 1.